The van der Waals surface area contributed by atoms with Gasteiger partial charge in [-0.1, -0.05) is 6.42 Å². The number of rotatable bonds is 8. The van der Waals surface area contributed by atoms with Gasteiger partial charge in [-0.15, -0.1) is 0 Å². The molecule has 0 bridgehead atoms. The number of carboxylic acids is 1. The van der Waals surface area contributed by atoms with Crippen LogP contribution in [0.15, 0.2) is 0 Å². The normalized spacial score (nSPS) is 19.4. The van der Waals surface area contributed by atoms with Gasteiger partial charge in [0.15, 0.2) is 0 Å². The van der Waals surface area contributed by atoms with Crippen LogP contribution in [0.3, 0.4) is 0 Å². The number of aliphatic carboxylic acids is 1. The fourth-order valence-corrected chi connectivity index (χ4v) is 2.29. The molecule has 6 heteroatoms. The minimum atomic E-state index is -0.824. The van der Waals surface area contributed by atoms with Crippen LogP contribution in [-0.4, -0.2) is 61.2 Å². The quantitative estimate of drug-likeness (QED) is 0.543. The minimum Gasteiger partial charge on any atom is -0.481 e. The maximum absolute atomic E-state index is 11.6. The van der Waals surface area contributed by atoms with Crippen molar-refractivity contribution in [3.63, 3.8) is 0 Å². The number of carboxylic acid groups (broad SMARTS) is 1. The van der Waals surface area contributed by atoms with Gasteiger partial charge in [0, 0.05) is 25.6 Å². The minimum absolute atomic E-state index is 0.0382. The summed E-state index contributed by atoms with van der Waals surface area (Å²) in [6, 6.07) is 0.485. The number of carbonyl (C=O) groups is 2. The largest absolute Gasteiger partial charge is 0.481 e. The van der Waals surface area contributed by atoms with E-state index in [9.17, 15) is 9.59 Å². The van der Waals surface area contributed by atoms with Gasteiger partial charge in [0.05, 0.1) is 6.54 Å². The van der Waals surface area contributed by atoms with E-state index in [0.29, 0.717) is 25.6 Å². The maximum Gasteiger partial charge on any atom is 0.303 e. The van der Waals surface area contributed by atoms with Gasteiger partial charge in [-0.2, -0.15) is 0 Å². The standard InChI is InChI=1S/C13H25N3O3/c1-16(9-11-5-2-3-7-14-11)10-12(17)15-8-4-6-13(18)19/h11,14H,2-10H2,1H3,(H,15,17)(H,18,19). The highest BCUT2D eigenvalue weighted by Gasteiger charge is 2.15. The smallest absolute Gasteiger partial charge is 0.303 e. The fraction of sp³-hybridized carbons (Fsp3) is 0.846. The summed E-state index contributed by atoms with van der Waals surface area (Å²) in [5, 5.41) is 14.7. The summed E-state index contributed by atoms with van der Waals surface area (Å²) >= 11 is 0. The van der Waals surface area contributed by atoms with Crippen molar-refractivity contribution in [2.45, 2.75) is 38.1 Å². The summed E-state index contributed by atoms with van der Waals surface area (Å²) in [5.74, 6) is -0.863. The zero-order valence-electron chi connectivity index (χ0n) is 11.7. The highest BCUT2D eigenvalue weighted by atomic mass is 16.4. The van der Waals surface area contributed by atoms with Gasteiger partial charge in [0.25, 0.3) is 0 Å². The number of hydrogen-bond donors (Lipinski definition) is 3. The molecule has 3 N–H and O–H groups in total. The monoisotopic (exact) mass is 271 g/mol. The Labute approximate surface area is 114 Å². The number of nitrogens with zero attached hydrogens (tertiary/aromatic N) is 1. The van der Waals surface area contributed by atoms with Crippen LogP contribution in [0.25, 0.3) is 0 Å². The first kappa shape index (κ1) is 15.9. The lowest BCUT2D eigenvalue weighted by Gasteiger charge is -2.27. The molecule has 1 unspecified atom stereocenters. The average molecular weight is 271 g/mol. The Morgan fingerprint density at radius 3 is 2.84 bits per heavy atom. The van der Waals surface area contributed by atoms with Gasteiger partial charge >= 0.3 is 5.97 Å². The Morgan fingerprint density at radius 2 is 2.21 bits per heavy atom. The molecule has 0 aliphatic carbocycles. The maximum atomic E-state index is 11.6. The van der Waals surface area contributed by atoms with E-state index in [-0.39, 0.29) is 12.3 Å². The highest BCUT2D eigenvalue weighted by Crippen LogP contribution is 2.07. The first-order chi connectivity index (χ1) is 9.08. The Bertz CT molecular complexity index is 291. The first-order valence-electron chi connectivity index (χ1n) is 6.98. The molecule has 0 spiro atoms. The third-order valence-corrected chi connectivity index (χ3v) is 3.25. The van der Waals surface area contributed by atoms with Gasteiger partial charge in [-0.25, -0.2) is 0 Å². The fourth-order valence-electron chi connectivity index (χ4n) is 2.29. The molecule has 1 aliphatic rings. The Morgan fingerprint density at radius 1 is 1.42 bits per heavy atom. The predicted molar refractivity (Wildman–Crippen MR) is 73.0 cm³/mol. The van der Waals surface area contributed by atoms with Crippen molar-refractivity contribution < 1.29 is 14.7 Å². The lowest BCUT2D eigenvalue weighted by atomic mass is 10.0. The molecule has 0 radical (unpaired) electrons. The van der Waals surface area contributed by atoms with Crippen molar-refractivity contribution in [1.29, 1.82) is 0 Å². The molecule has 1 saturated heterocycles. The second-order valence-corrected chi connectivity index (χ2v) is 5.19. The number of amides is 1. The molecular formula is C13H25N3O3. The molecule has 1 heterocycles. The number of piperidine rings is 1. The molecule has 1 rings (SSSR count). The first-order valence-corrected chi connectivity index (χ1v) is 6.98. The summed E-state index contributed by atoms with van der Waals surface area (Å²) < 4.78 is 0. The van der Waals surface area contributed by atoms with Gasteiger partial charge in [-0.05, 0) is 32.9 Å². The van der Waals surface area contributed by atoms with E-state index in [1.54, 1.807) is 0 Å². The zero-order valence-corrected chi connectivity index (χ0v) is 11.7. The van der Waals surface area contributed by atoms with Crippen molar-refractivity contribution in [3.05, 3.63) is 0 Å². The second kappa shape index (κ2) is 8.87. The third-order valence-electron chi connectivity index (χ3n) is 3.25. The third kappa shape index (κ3) is 7.79. The Kier molecular flexibility index (Phi) is 7.43. The van der Waals surface area contributed by atoms with Crippen LogP contribution in [0, 0.1) is 0 Å². The molecule has 0 aromatic rings. The predicted octanol–water partition coefficient (Wildman–Crippen LogP) is 0.0413. The molecule has 1 atom stereocenters. The lowest BCUT2D eigenvalue weighted by Crippen LogP contribution is -2.45. The van der Waals surface area contributed by atoms with Crippen molar-refractivity contribution in [3.8, 4) is 0 Å². The number of nitrogens with one attached hydrogen (secondary N) is 2. The lowest BCUT2D eigenvalue weighted by molar-refractivity contribution is -0.137. The second-order valence-electron chi connectivity index (χ2n) is 5.19. The van der Waals surface area contributed by atoms with Crippen molar-refractivity contribution in [2.75, 3.05) is 33.2 Å². The summed E-state index contributed by atoms with van der Waals surface area (Å²) in [6.45, 7) is 2.74. The average Bonchev–Trinajstić information content (AvgIpc) is 2.35. The van der Waals surface area contributed by atoms with E-state index >= 15 is 0 Å². The van der Waals surface area contributed by atoms with Crippen LogP contribution in [0.1, 0.15) is 32.1 Å². The van der Waals surface area contributed by atoms with Gasteiger partial charge in [0.2, 0.25) is 5.91 Å². The van der Waals surface area contributed by atoms with E-state index in [0.717, 1.165) is 13.1 Å². The Hall–Kier alpha value is -1.14. The molecule has 0 saturated carbocycles. The summed E-state index contributed by atoms with van der Waals surface area (Å²) in [7, 11) is 1.94. The van der Waals surface area contributed by atoms with E-state index in [1.807, 2.05) is 11.9 Å². The van der Waals surface area contributed by atoms with Crippen molar-refractivity contribution in [2.24, 2.45) is 0 Å². The number of hydrogen-bond acceptors (Lipinski definition) is 4. The SMILES string of the molecule is CN(CC(=O)NCCCC(=O)O)CC1CCCCN1. The molecule has 19 heavy (non-hydrogen) atoms. The molecular weight excluding hydrogens is 246 g/mol. The zero-order chi connectivity index (χ0) is 14.1. The topological polar surface area (TPSA) is 81.7 Å². The summed E-state index contributed by atoms with van der Waals surface area (Å²) in [5.41, 5.74) is 0. The molecule has 6 nitrogen and oxygen atoms in total. The van der Waals surface area contributed by atoms with E-state index in [1.165, 1.54) is 19.3 Å². The van der Waals surface area contributed by atoms with Crippen LogP contribution in [0.4, 0.5) is 0 Å². The molecule has 0 aromatic carbocycles. The van der Waals surface area contributed by atoms with E-state index < -0.39 is 5.97 Å². The summed E-state index contributed by atoms with van der Waals surface area (Å²) in [6.07, 6.45) is 4.25. The van der Waals surface area contributed by atoms with E-state index in [4.69, 9.17) is 5.11 Å². The van der Waals surface area contributed by atoms with Crippen LogP contribution in [-0.2, 0) is 9.59 Å². The van der Waals surface area contributed by atoms with Crippen LogP contribution >= 0.6 is 0 Å². The van der Waals surface area contributed by atoms with Crippen LogP contribution in [0.2, 0.25) is 0 Å². The molecule has 1 aliphatic heterocycles. The van der Waals surface area contributed by atoms with Crippen LogP contribution in [0.5, 0.6) is 0 Å². The highest BCUT2D eigenvalue weighted by molar-refractivity contribution is 5.78. The number of likely N-dealkylation sites (N-methyl/N-ethyl adjacent to an activating group) is 1. The molecule has 1 amide bonds. The molecule has 1 fully saturated rings. The molecule has 0 aromatic heterocycles. The number of carbonyl (C=O) groups excluding carboxylic acids is 1. The van der Waals surface area contributed by atoms with Crippen molar-refractivity contribution in [1.82, 2.24) is 15.5 Å². The Balaban J connectivity index is 2.07. The van der Waals surface area contributed by atoms with Gasteiger partial charge in [0.1, 0.15) is 0 Å². The van der Waals surface area contributed by atoms with Crippen molar-refractivity contribution >= 4 is 11.9 Å². The van der Waals surface area contributed by atoms with E-state index in [2.05, 4.69) is 10.6 Å². The van der Waals surface area contributed by atoms with Crippen LogP contribution < -0.4 is 10.6 Å². The van der Waals surface area contributed by atoms with Gasteiger partial charge < -0.3 is 15.7 Å². The molecule has 110 valence electrons. The summed E-state index contributed by atoms with van der Waals surface area (Å²) in [4.78, 5) is 23.9. The van der Waals surface area contributed by atoms with Gasteiger partial charge in [-0.3, -0.25) is 14.5 Å².